The lowest BCUT2D eigenvalue weighted by molar-refractivity contribution is -0.0110. The van der Waals surface area contributed by atoms with Crippen LogP contribution in [0.3, 0.4) is 0 Å². The maximum Gasteiger partial charge on any atom is 0.0277 e. The monoisotopic (exact) mass is 281 g/mol. The molecule has 2 aliphatic rings. The Hall–Kier alpha value is -0.120. The van der Waals surface area contributed by atoms with E-state index in [0.717, 1.165) is 5.92 Å². The highest BCUT2D eigenvalue weighted by atomic mass is 15.3. The average molecular weight is 281 g/mol. The van der Waals surface area contributed by atoms with E-state index in [1.54, 1.807) is 0 Å². The SMILES string of the molecule is CC1C(N)CCC(CN2CCN(C)C(C)(C)C2)C1(C)C. The first-order valence-electron chi connectivity index (χ1n) is 8.34. The zero-order valence-electron chi connectivity index (χ0n) is 14.4. The Balaban J connectivity index is 2.00. The molecule has 0 spiro atoms. The van der Waals surface area contributed by atoms with Crippen molar-refractivity contribution in [2.24, 2.45) is 23.0 Å². The van der Waals surface area contributed by atoms with Gasteiger partial charge in [0.25, 0.3) is 0 Å². The predicted molar refractivity (Wildman–Crippen MR) is 86.8 cm³/mol. The van der Waals surface area contributed by atoms with Crippen molar-refractivity contribution < 1.29 is 0 Å². The average Bonchev–Trinajstić information content (AvgIpc) is 2.35. The molecule has 0 bridgehead atoms. The van der Waals surface area contributed by atoms with Crippen LogP contribution in [0.5, 0.6) is 0 Å². The molecule has 2 fully saturated rings. The molecule has 0 amide bonds. The van der Waals surface area contributed by atoms with Gasteiger partial charge >= 0.3 is 0 Å². The molecular formula is C17H35N3. The van der Waals surface area contributed by atoms with Gasteiger partial charge in [0, 0.05) is 37.8 Å². The number of nitrogens with zero attached hydrogens (tertiary/aromatic N) is 2. The minimum Gasteiger partial charge on any atom is -0.327 e. The first kappa shape index (κ1) is 16.3. The molecule has 2 rings (SSSR count). The largest absolute Gasteiger partial charge is 0.327 e. The van der Waals surface area contributed by atoms with Gasteiger partial charge in [-0.2, -0.15) is 0 Å². The molecule has 1 heterocycles. The molecule has 3 nitrogen and oxygen atoms in total. The predicted octanol–water partition coefficient (Wildman–Crippen LogP) is 2.41. The van der Waals surface area contributed by atoms with Crippen LogP contribution in [0.2, 0.25) is 0 Å². The van der Waals surface area contributed by atoms with Crippen LogP contribution in [-0.4, -0.2) is 54.6 Å². The van der Waals surface area contributed by atoms with Crippen LogP contribution in [-0.2, 0) is 0 Å². The Morgan fingerprint density at radius 1 is 1.10 bits per heavy atom. The second-order valence-corrected chi connectivity index (χ2v) is 8.52. The minimum atomic E-state index is 0.305. The van der Waals surface area contributed by atoms with Gasteiger partial charge < -0.3 is 5.73 Å². The molecule has 3 heteroatoms. The van der Waals surface area contributed by atoms with Gasteiger partial charge in [0.1, 0.15) is 0 Å². The number of nitrogens with two attached hydrogens (primary N) is 1. The fourth-order valence-electron chi connectivity index (χ4n) is 4.07. The molecule has 2 N–H and O–H groups in total. The molecule has 3 unspecified atom stereocenters. The molecule has 0 aromatic heterocycles. The van der Waals surface area contributed by atoms with Gasteiger partial charge in [-0.1, -0.05) is 20.8 Å². The van der Waals surface area contributed by atoms with Crippen LogP contribution >= 0.6 is 0 Å². The summed E-state index contributed by atoms with van der Waals surface area (Å²) in [6, 6.07) is 0.394. The molecule has 1 saturated heterocycles. The molecule has 118 valence electrons. The molecule has 0 aromatic carbocycles. The van der Waals surface area contributed by atoms with Gasteiger partial charge in [0.15, 0.2) is 0 Å². The van der Waals surface area contributed by atoms with Crippen molar-refractivity contribution in [3.63, 3.8) is 0 Å². The van der Waals surface area contributed by atoms with E-state index in [-0.39, 0.29) is 0 Å². The van der Waals surface area contributed by atoms with E-state index in [4.69, 9.17) is 5.73 Å². The zero-order chi connectivity index (χ0) is 15.1. The van der Waals surface area contributed by atoms with E-state index in [2.05, 4.69) is 51.5 Å². The van der Waals surface area contributed by atoms with Gasteiger partial charge in [0.05, 0.1) is 0 Å². The summed E-state index contributed by atoms with van der Waals surface area (Å²) in [4.78, 5) is 5.18. The zero-order valence-corrected chi connectivity index (χ0v) is 14.4. The number of piperazine rings is 1. The molecule has 1 aliphatic heterocycles. The maximum absolute atomic E-state index is 6.29. The fourth-order valence-corrected chi connectivity index (χ4v) is 4.07. The Morgan fingerprint density at radius 2 is 1.75 bits per heavy atom. The second kappa shape index (κ2) is 5.58. The number of rotatable bonds is 2. The van der Waals surface area contributed by atoms with Gasteiger partial charge in [-0.3, -0.25) is 9.80 Å². The Bertz CT molecular complexity index is 337. The summed E-state index contributed by atoms with van der Waals surface area (Å²) in [6.45, 7) is 16.8. The molecule has 1 saturated carbocycles. The summed E-state index contributed by atoms with van der Waals surface area (Å²) in [7, 11) is 2.25. The van der Waals surface area contributed by atoms with E-state index in [1.165, 1.54) is 39.0 Å². The van der Waals surface area contributed by atoms with Crippen LogP contribution in [0.25, 0.3) is 0 Å². The summed E-state index contributed by atoms with van der Waals surface area (Å²) < 4.78 is 0. The van der Waals surface area contributed by atoms with Gasteiger partial charge in [-0.25, -0.2) is 0 Å². The van der Waals surface area contributed by atoms with Crippen LogP contribution in [0.15, 0.2) is 0 Å². The van der Waals surface area contributed by atoms with Crippen molar-refractivity contribution in [3.8, 4) is 0 Å². The molecule has 1 aliphatic carbocycles. The third-order valence-electron chi connectivity index (χ3n) is 6.59. The van der Waals surface area contributed by atoms with E-state index >= 15 is 0 Å². The van der Waals surface area contributed by atoms with Crippen LogP contribution in [0.4, 0.5) is 0 Å². The third-order valence-corrected chi connectivity index (χ3v) is 6.59. The number of likely N-dealkylation sites (N-methyl/N-ethyl adjacent to an activating group) is 1. The lowest BCUT2D eigenvalue weighted by Gasteiger charge is -2.51. The summed E-state index contributed by atoms with van der Waals surface area (Å²) in [5.41, 5.74) is 6.96. The highest BCUT2D eigenvalue weighted by Crippen LogP contribution is 2.44. The molecule has 0 radical (unpaired) electrons. The van der Waals surface area contributed by atoms with Crippen molar-refractivity contribution in [1.29, 1.82) is 0 Å². The molecule has 3 atom stereocenters. The quantitative estimate of drug-likeness (QED) is 0.844. The van der Waals surface area contributed by atoms with Crippen LogP contribution in [0, 0.1) is 17.3 Å². The summed E-state index contributed by atoms with van der Waals surface area (Å²) >= 11 is 0. The molecule has 0 aromatic rings. The standard InChI is InChI=1S/C17H35N3/c1-13-15(18)8-7-14(17(13,4)5)11-20-10-9-19(6)16(2,3)12-20/h13-15H,7-12,18H2,1-6H3. The van der Waals surface area contributed by atoms with Gasteiger partial charge in [-0.05, 0) is 51.0 Å². The first-order valence-corrected chi connectivity index (χ1v) is 8.34. The Kier molecular flexibility index (Phi) is 4.54. The van der Waals surface area contributed by atoms with E-state index < -0.39 is 0 Å². The highest BCUT2D eigenvalue weighted by Gasteiger charge is 2.43. The van der Waals surface area contributed by atoms with Crippen molar-refractivity contribution in [2.75, 3.05) is 33.2 Å². The van der Waals surface area contributed by atoms with Crippen molar-refractivity contribution >= 4 is 0 Å². The fraction of sp³-hybridized carbons (Fsp3) is 1.00. The number of hydrogen-bond acceptors (Lipinski definition) is 3. The third kappa shape index (κ3) is 3.05. The lowest BCUT2D eigenvalue weighted by atomic mass is 9.61. The van der Waals surface area contributed by atoms with Gasteiger partial charge in [-0.15, -0.1) is 0 Å². The number of hydrogen-bond donors (Lipinski definition) is 1. The summed E-state index contributed by atoms with van der Waals surface area (Å²) in [6.07, 6.45) is 2.50. The second-order valence-electron chi connectivity index (χ2n) is 8.52. The van der Waals surface area contributed by atoms with Crippen molar-refractivity contribution in [2.45, 2.75) is 59.0 Å². The van der Waals surface area contributed by atoms with Gasteiger partial charge in [0.2, 0.25) is 0 Å². The van der Waals surface area contributed by atoms with Crippen molar-refractivity contribution in [1.82, 2.24) is 9.80 Å². The first-order chi connectivity index (χ1) is 9.14. The molecule has 20 heavy (non-hydrogen) atoms. The van der Waals surface area contributed by atoms with E-state index in [1.807, 2.05) is 0 Å². The Labute approximate surface area is 125 Å². The maximum atomic E-state index is 6.29. The normalized spacial score (nSPS) is 38.9. The van der Waals surface area contributed by atoms with Crippen LogP contribution < -0.4 is 5.73 Å². The summed E-state index contributed by atoms with van der Waals surface area (Å²) in [5.74, 6) is 1.42. The highest BCUT2D eigenvalue weighted by molar-refractivity contribution is 4.96. The minimum absolute atomic E-state index is 0.305. The Morgan fingerprint density at radius 3 is 2.35 bits per heavy atom. The lowest BCUT2D eigenvalue weighted by Crippen LogP contribution is -2.59. The topological polar surface area (TPSA) is 32.5 Å². The summed E-state index contributed by atoms with van der Waals surface area (Å²) in [5, 5.41) is 0. The smallest absolute Gasteiger partial charge is 0.0277 e. The van der Waals surface area contributed by atoms with Crippen molar-refractivity contribution in [3.05, 3.63) is 0 Å². The van der Waals surface area contributed by atoms with Crippen LogP contribution in [0.1, 0.15) is 47.5 Å². The van der Waals surface area contributed by atoms with E-state index in [0.29, 0.717) is 22.9 Å². The van der Waals surface area contributed by atoms with E-state index in [9.17, 15) is 0 Å². The molecular weight excluding hydrogens is 246 g/mol.